The summed E-state index contributed by atoms with van der Waals surface area (Å²) in [4.78, 5) is 18.9. The molecule has 6 nitrogen and oxygen atoms in total. The topological polar surface area (TPSA) is 62.2 Å². The summed E-state index contributed by atoms with van der Waals surface area (Å²) in [6.07, 6.45) is 8.32. The number of hydrogen-bond acceptors (Lipinski definition) is 5. The normalized spacial score (nSPS) is 35.9. The van der Waals surface area contributed by atoms with Crippen LogP contribution in [-0.4, -0.2) is 65.8 Å². The summed E-state index contributed by atoms with van der Waals surface area (Å²) in [6, 6.07) is 14.4. The Balaban J connectivity index is 1.30. The number of hydrogen-bond donors (Lipinski definition) is 1. The molecule has 6 heteroatoms. The Hall–Kier alpha value is -2.83. The van der Waals surface area contributed by atoms with Gasteiger partial charge in [-0.1, -0.05) is 42.5 Å². The molecule has 2 saturated carbocycles. The maximum absolute atomic E-state index is 14.3. The van der Waals surface area contributed by atoms with Crippen LogP contribution in [0.25, 0.3) is 0 Å². The van der Waals surface area contributed by atoms with Crippen LogP contribution in [-0.2, 0) is 27.9 Å². The molecule has 38 heavy (non-hydrogen) atoms. The number of piperidine rings is 1. The van der Waals surface area contributed by atoms with Crippen LogP contribution in [0.15, 0.2) is 54.1 Å². The average molecular weight is 513 g/mol. The molecule has 4 bridgehead atoms. The fraction of sp³-hybridized carbons (Fsp3) is 0.531. The van der Waals surface area contributed by atoms with Gasteiger partial charge in [-0.15, -0.1) is 0 Å². The SMILES string of the molecule is CO[C@]12CC[C@@]3(C=C1C(=O)N(C)Cc1ccccc1)[C@H]1Cc4ccc(O)c5c4[C@@]3(CCN1CC1CC1)[C@H]2O5. The van der Waals surface area contributed by atoms with Gasteiger partial charge in [-0.2, -0.15) is 0 Å². The van der Waals surface area contributed by atoms with Crippen LogP contribution in [0.3, 0.4) is 0 Å². The van der Waals surface area contributed by atoms with Crippen LogP contribution in [0, 0.1) is 11.3 Å². The smallest absolute Gasteiger partial charge is 0.252 e. The zero-order valence-electron chi connectivity index (χ0n) is 22.3. The quantitative estimate of drug-likeness (QED) is 0.629. The van der Waals surface area contributed by atoms with Gasteiger partial charge in [0.05, 0.1) is 5.41 Å². The second kappa shape index (κ2) is 7.64. The molecule has 1 amide bonds. The van der Waals surface area contributed by atoms with Gasteiger partial charge < -0.3 is 19.5 Å². The molecule has 0 aromatic heterocycles. The predicted molar refractivity (Wildman–Crippen MR) is 143 cm³/mol. The number of nitrogens with zero attached hydrogens (tertiary/aromatic N) is 2. The molecule has 0 radical (unpaired) electrons. The fourth-order valence-electron chi connectivity index (χ4n) is 9.23. The van der Waals surface area contributed by atoms with Gasteiger partial charge in [0, 0.05) is 49.8 Å². The van der Waals surface area contributed by atoms with Gasteiger partial charge in [-0.3, -0.25) is 9.69 Å². The van der Waals surface area contributed by atoms with Crippen LogP contribution >= 0.6 is 0 Å². The Morgan fingerprint density at radius 2 is 1.97 bits per heavy atom. The largest absolute Gasteiger partial charge is 0.504 e. The van der Waals surface area contributed by atoms with Gasteiger partial charge >= 0.3 is 0 Å². The first-order chi connectivity index (χ1) is 18.4. The molecule has 5 aliphatic carbocycles. The number of carbonyl (C=O) groups excluding carboxylic acids is 1. The van der Waals surface area contributed by atoms with E-state index in [0.717, 1.165) is 55.8 Å². The summed E-state index contributed by atoms with van der Waals surface area (Å²) in [5.74, 6) is 1.67. The average Bonchev–Trinajstić information content (AvgIpc) is 3.68. The molecule has 2 aliphatic heterocycles. The van der Waals surface area contributed by atoms with Gasteiger partial charge in [0.15, 0.2) is 11.5 Å². The van der Waals surface area contributed by atoms with E-state index in [4.69, 9.17) is 9.47 Å². The van der Waals surface area contributed by atoms with E-state index in [1.807, 2.05) is 30.1 Å². The van der Waals surface area contributed by atoms with Crippen LogP contribution in [0.4, 0.5) is 0 Å². The number of likely N-dealkylation sites (N-methyl/N-ethyl adjacent to an activating group) is 1. The number of amides is 1. The number of phenolic OH excluding ortho intramolecular Hbond substituents is 1. The van der Waals surface area contributed by atoms with Crippen molar-refractivity contribution in [3.63, 3.8) is 0 Å². The minimum absolute atomic E-state index is 0.0195. The first-order valence-corrected chi connectivity index (χ1v) is 14.3. The van der Waals surface area contributed by atoms with Gasteiger partial charge in [-0.25, -0.2) is 0 Å². The van der Waals surface area contributed by atoms with Crippen molar-refractivity contribution in [2.75, 3.05) is 27.2 Å². The molecular formula is C32H36N2O4. The monoisotopic (exact) mass is 512 g/mol. The number of likely N-dealkylation sites (tertiary alicyclic amines) is 1. The first-order valence-electron chi connectivity index (χ1n) is 14.3. The highest BCUT2D eigenvalue weighted by molar-refractivity contribution is 5.97. The third kappa shape index (κ3) is 2.68. The Morgan fingerprint density at radius 3 is 2.74 bits per heavy atom. The molecule has 0 unspecified atom stereocenters. The highest BCUT2D eigenvalue weighted by Gasteiger charge is 2.79. The maximum atomic E-state index is 14.3. The van der Waals surface area contributed by atoms with E-state index in [1.165, 1.54) is 24.0 Å². The summed E-state index contributed by atoms with van der Waals surface area (Å²) < 4.78 is 13.3. The molecule has 2 spiro atoms. The molecule has 5 atom stereocenters. The number of carbonyl (C=O) groups is 1. The van der Waals surface area contributed by atoms with Crippen molar-refractivity contribution in [1.82, 2.24) is 9.80 Å². The van der Waals surface area contributed by atoms with Crippen molar-refractivity contribution in [3.05, 3.63) is 70.8 Å². The van der Waals surface area contributed by atoms with Gasteiger partial charge in [-0.05, 0) is 68.2 Å². The van der Waals surface area contributed by atoms with Crippen LogP contribution in [0.5, 0.6) is 11.5 Å². The van der Waals surface area contributed by atoms with Crippen LogP contribution < -0.4 is 4.74 Å². The van der Waals surface area contributed by atoms with E-state index in [-0.39, 0.29) is 28.6 Å². The lowest BCUT2D eigenvalue weighted by Gasteiger charge is -2.70. The van der Waals surface area contributed by atoms with E-state index in [9.17, 15) is 9.90 Å². The number of fused-ring (bicyclic) bond motifs is 1. The van der Waals surface area contributed by atoms with E-state index >= 15 is 0 Å². The number of benzene rings is 2. The molecule has 7 aliphatic rings. The van der Waals surface area contributed by atoms with Crippen molar-refractivity contribution >= 4 is 5.91 Å². The second-order valence-corrected chi connectivity index (χ2v) is 12.7. The summed E-state index contributed by atoms with van der Waals surface area (Å²) in [5.41, 5.74) is 3.02. The zero-order valence-corrected chi connectivity index (χ0v) is 22.3. The minimum Gasteiger partial charge on any atom is -0.504 e. The summed E-state index contributed by atoms with van der Waals surface area (Å²) in [5, 5.41) is 11.0. The van der Waals surface area contributed by atoms with Crippen LogP contribution in [0.1, 0.15) is 48.8 Å². The van der Waals surface area contributed by atoms with Gasteiger partial charge in [0.1, 0.15) is 11.7 Å². The fourth-order valence-corrected chi connectivity index (χ4v) is 9.23. The molecular weight excluding hydrogens is 476 g/mol. The number of ether oxygens (including phenoxy) is 2. The van der Waals surface area contributed by atoms with Crippen molar-refractivity contribution < 1.29 is 19.4 Å². The molecule has 9 rings (SSSR count). The zero-order chi connectivity index (χ0) is 25.9. The van der Waals surface area contributed by atoms with Gasteiger partial charge in [0.25, 0.3) is 5.91 Å². The highest BCUT2D eigenvalue weighted by atomic mass is 16.6. The molecule has 1 saturated heterocycles. The molecule has 2 aromatic carbocycles. The summed E-state index contributed by atoms with van der Waals surface area (Å²) >= 11 is 0. The maximum Gasteiger partial charge on any atom is 0.252 e. The lowest BCUT2D eigenvalue weighted by molar-refractivity contribution is -0.198. The molecule has 198 valence electrons. The van der Waals surface area contributed by atoms with E-state index in [0.29, 0.717) is 18.3 Å². The Morgan fingerprint density at radius 1 is 1.16 bits per heavy atom. The van der Waals surface area contributed by atoms with E-state index in [1.54, 1.807) is 13.2 Å². The van der Waals surface area contributed by atoms with Crippen molar-refractivity contribution in [2.45, 2.75) is 68.2 Å². The van der Waals surface area contributed by atoms with E-state index in [2.05, 4.69) is 29.2 Å². The van der Waals surface area contributed by atoms with Crippen molar-refractivity contribution in [3.8, 4) is 11.5 Å². The summed E-state index contributed by atoms with van der Waals surface area (Å²) in [6.45, 7) is 2.72. The molecule has 1 N–H and O–H groups in total. The molecule has 2 aromatic rings. The van der Waals surface area contributed by atoms with Crippen LogP contribution in [0.2, 0.25) is 0 Å². The number of rotatable bonds is 6. The number of aromatic hydroxyl groups is 1. The lowest BCUT2D eigenvalue weighted by Crippen LogP contribution is -2.78. The second-order valence-electron chi connectivity index (χ2n) is 12.7. The third-order valence-electron chi connectivity index (χ3n) is 11.0. The Kier molecular flexibility index (Phi) is 4.64. The Bertz CT molecular complexity index is 1370. The lowest BCUT2D eigenvalue weighted by atomic mass is 9.37. The first kappa shape index (κ1) is 23.1. The highest BCUT2D eigenvalue weighted by Crippen LogP contribution is 2.75. The standard InChI is InChI=1S/C32H36N2O4/c1-33(18-20-6-4-3-5-7-20)28(36)23-17-30-12-13-32(23,37-2)29-31(30)14-15-34(19-21-8-9-21)25(30)16-22-10-11-24(35)27(38-29)26(22)31/h3-7,10-11,17,21,25,29,35H,8-9,12-16,18-19H2,1-2H3/t25-,29-,30-,31+,32-/m1/s1. The number of methoxy groups -OCH3 is 1. The van der Waals surface area contributed by atoms with Crippen molar-refractivity contribution in [2.24, 2.45) is 11.3 Å². The number of phenols is 1. The van der Waals surface area contributed by atoms with Crippen molar-refractivity contribution in [1.29, 1.82) is 0 Å². The van der Waals surface area contributed by atoms with E-state index < -0.39 is 5.60 Å². The third-order valence-corrected chi connectivity index (χ3v) is 11.0. The molecule has 3 fully saturated rings. The van der Waals surface area contributed by atoms with Gasteiger partial charge in [0.2, 0.25) is 0 Å². The minimum atomic E-state index is -0.840. The summed E-state index contributed by atoms with van der Waals surface area (Å²) in [7, 11) is 3.63. The molecule has 2 heterocycles. The predicted octanol–water partition coefficient (Wildman–Crippen LogP) is 4.20. The Labute approximate surface area is 224 Å².